The zero-order chi connectivity index (χ0) is 13.4. The molecule has 0 aromatic heterocycles. The van der Waals surface area contributed by atoms with Gasteiger partial charge in [0, 0.05) is 18.7 Å². The summed E-state index contributed by atoms with van der Waals surface area (Å²) in [7, 11) is 0. The van der Waals surface area contributed by atoms with Crippen LogP contribution in [0, 0.1) is 5.92 Å². The molecule has 0 spiro atoms. The molecule has 0 amide bonds. The Morgan fingerprint density at radius 1 is 0.800 bits per heavy atom. The average molecular weight is 275 g/mol. The molecule has 1 aliphatic heterocycles. The maximum atomic E-state index is 5.94. The van der Waals surface area contributed by atoms with Crippen LogP contribution >= 0.6 is 0 Å². The normalized spacial score (nSPS) is 38.7. The number of allylic oxidation sites excluding steroid dienone is 2. The minimum Gasteiger partial charge on any atom is -0.378 e. The van der Waals surface area contributed by atoms with Gasteiger partial charge in [-0.15, -0.1) is 0 Å². The van der Waals surface area contributed by atoms with Gasteiger partial charge in [0.1, 0.15) is 0 Å². The van der Waals surface area contributed by atoms with Crippen molar-refractivity contribution in [3.05, 3.63) is 11.1 Å². The molecule has 1 heterocycles. The Balaban J connectivity index is 1.25. The van der Waals surface area contributed by atoms with Crippen molar-refractivity contribution >= 4 is 0 Å². The summed E-state index contributed by atoms with van der Waals surface area (Å²) in [5.74, 6) is 0.904. The van der Waals surface area contributed by atoms with E-state index in [9.17, 15) is 0 Å². The molecule has 4 aliphatic rings. The highest BCUT2D eigenvalue weighted by Gasteiger charge is 2.36. The summed E-state index contributed by atoms with van der Waals surface area (Å²) < 4.78 is 5.94. The van der Waals surface area contributed by atoms with Gasteiger partial charge in [-0.1, -0.05) is 11.1 Å². The summed E-state index contributed by atoms with van der Waals surface area (Å²) in [5.41, 5.74) is 3.65. The fraction of sp³-hybridized carbons (Fsp3) is 0.889. The van der Waals surface area contributed by atoms with E-state index in [1.807, 2.05) is 11.1 Å². The van der Waals surface area contributed by atoms with Crippen LogP contribution in [0.4, 0.5) is 0 Å². The van der Waals surface area contributed by atoms with Crippen molar-refractivity contribution in [1.29, 1.82) is 0 Å². The standard InChI is InChI=1S/C18H29NO/c1-2-13(3-1)14-6-8-16(9-7-14)19-17-10-11-20-18(12-17)15-4-5-15/h15-19H,1-12H2. The highest BCUT2D eigenvalue weighted by molar-refractivity contribution is 5.21. The highest BCUT2D eigenvalue weighted by atomic mass is 16.5. The SMILES string of the molecule is C1CC(=C2CCC(NC3CCOC(C4CC4)C3)CC2)C1. The summed E-state index contributed by atoms with van der Waals surface area (Å²) >= 11 is 0. The van der Waals surface area contributed by atoms with Gasteiger partial charge in [0.15, 0.2) is 0 Å². The van der Waals surface area contributed by atoms with Gasteiger partial charge in [0.2, 0.25) is 0 Å². The fourth-order valence-corrected chi connectivity index (χ4v) is 4.30. The molecular weight excluding hydrogens is 246 g/mol. The van der Waals surface area contributed by atoms with Gasteiger partial charge in [-0.2, -0.15) is 0 Å². The Bertz CT molecular complexity index is 369. The quantitative estimate of drug-likeness (QED) is 0.787. The van der Waals surface area contributed by atoms with Crippen molar-refractivity contribution in [1.82, 2.24) is 5.32 Å². The molecule has 0 aromatic carbocycles. The molecule has 1 N–H and O–H groups in total. The zero-order valence-electron chi connectivity index (χ0n) is 12.7. The van der Waals surface area contributed by atoms with Crippen LogP contribution in [-0.4, -0.2) is 24.8 Å². The molecule has 0 aromatic rings. The summed E-state index contributed by atoms with van der Waals surface area (Å²) in [6, 6.07) is 1.51. The van der Waals surface area contributed by atoms with Crippen LogP contribution in [0.15, 0.2) is 11.1 Å². The first-order valence-corrected chi connectivity index (χ1v) is 8.96. The zero-order valence-corrected chi connectivity index (χ0v) is 12.7. The van der Waals surface area contributed by atoms with Gasteiger partial charge in [-0.25, -0.2) is 0 Å². The molecular formula is C18H29NO. The Kier molecular flexibility index (Phi) is 3.87. The molecule has 2 atom stereocenters. The molecule has 20 heavy (non-hydrogen) atoms. The van der Waals surface area contributed by atoms with E-state index in [0.717, 1.165) is 24.6 Å². The number of ether oxygens (including phenoxy) is 1. The van der Waals surface area contributed by atoms with E-state index in [1.54, 1.807) is 0 Å². The lowest BCUT2D eigenvalue weighted by Gasteiger charge is -2.36. The Hall–Kier alpha value is -0.340. The van der Waals surface area contributed by atoms with Gasteiger partial charge < -0.3 is 10.1 Å². The first kappa shape index (κ1) is 13.3. The largest absolute Gasteiger partial charge is 0.378 e. The van der Waals surface area contributed by atoms with Gasteiger partial charge in [-0.3, -0.25) is 0 Å². The predicted molar refractivity (Wildman–Crippen MR) is 81.8 cm³/mol. The molecule has 4 rings (SSSR count). The molecule has 3 aliphatic carbocycles. The van der Waals surface area contributed by atoms with Crippen molar-refractivity contribution < 1.29 is 4.74 Å². The first-order chi connectivity index (χ1) is 9.88. The maximum Gasteiger partial charge on any atom is 0.0618 e. The van der Waals surface area contributed by atoms with Crippen molar-refractivity contribution in [3.63, 3.8) is 0 Å². The summed E-state index contributed by atoms with van der Waals surface area (Å²) in [6.45, 7) is 0.987. The molecule has 112 valence electrons. The first-order valence-electron chi connectivity index (χ1n) is 8.96. The maximum absolute atomic E-state index is 5.94. The minimum atomic E-state index is 0.581. The van der Waals surface area contributed by atoms with E-state index >= 15 is 0 Å². The van der Waals surface area contributed by atoms with Crippen LogP contribution in [0.3, 0.4) is 0 Å². The van der Waals surface area contributed by atoms with E-state index in [1.165, 1.54) is 70.6 Å². The number of hydrogen-bond acceptors (Lipinski definition) is 2. The van der Waals surface area contributed by atoms with E-state index in [-0.39, 0.29) is 0 Å². The third-order valence-electron chi connectivity index (χ3n) is 5.98. The molecule has 0 bridgehead atoms. The van der Waals surface area contributed by atoms with E-state index in [4.69, 9.17) is 4.74 Å². The molecule has 2 nitrogen and oxygen atoms in total. The van der Waals surface area contributed by atoms with Crippen molar-refractivity contribution in [2.45, 2.75) is 88.8 Å². The summed E-state index contributed by atoms with van der Waals surface area (Å²) in [4.78, 5) is 0. The second-order valence-corrected chi connectivity index (χ2v) is 7.47. The van der Waals surface area contributed by atoms with Crippen LogP contribution < -0.4 is 5.32 Å². The van der Waals surface area contributed by atoms with Gasteiger partial charge in [-0.05, 0) is 76.5 Å². The summed E-state index contributed by atoms with van der Waals surface area (Å²) in [6.07, 6.45) is 15.7. The highest BCUT2D eigenvalue weighted by Crippen LogP contribution is 2.39. The van der Waals surface area contributed by atoms with Gasteiger partial charge in [0.25, 0.3) is 0 Å². The Morgan fingerprint density at radius 3 is 2.20 bits per heavy atom. The molecule has 3 saturated carbocycles. The fourth-order valence-electron chi connectivity index (χ4n) is 4.30. The lowest BCUT2D eigenvalue weighted by Crippen LogP contribution is -2.45. The second-order valence-electron chi connectivity index (χ2n) is 7.47. The lowest BCUT2D eigenvalue weighted by atomic mass is 9.80. The Labute approximate surface area is 123 Å². The van der Waals surface area contributed by atoms with Crippen LogP contribution in [0.2, 0.25) is 0 Å². The summed E-state index contributed by atoms with van der Waals surface area (Å²) in [5, 5.41) is 3.96. The topological polar surface area (TPSA) is 21.3 Å². The molecule has 1 saturated heterocycles. The predicted octanol–water partition coefficient (Wildman–Crippen LogP) is 3.96. The molecule has 0 radical (unpaired) electrons. The lowest BCUT2D eigenvalue weighted by molar-refractivity contribution is -0.0133. The number of nitrogens with one attached hydrogen (secondary N) is 1. The third-order valence-corrected chi connectivity index (χ3v) is 5.98. The van der Waals surface area contributed by atoms with E-state index in [0.29, 0.717) is 6.10 Å². The molecule has 4 fully saturated rings. The van der Waals surface area contributed by atoms with E-state index < -0.39 is 0 Å². The number of rotatable bonds is 3. The second kappa shape index (κ2) is 5.81. The molecule has 2 heteroatoms. The third kappa shape index (κ3) is 2.96. The monoisotopic (exact) mass is 275 g/mol. The van der Waals surface area contributed by atoms with Crippen molar-refractivity contribution in [2.75, 3.05) is 6.61 Å². The minimum absolute atomic E-state index is 0.581. The smallest absolute Gasteiger partial charge is 0.0618 e. The van der Waals surface area contributed by atoms with Crippen LogP contribution in [-0.2, 0) is 4.74 Å². The van der Waals surface area contributed by atoms with Crippen molar-refractivity contribution in [2.24, 2.45) is 5.92 Å². The Morgan fingerprint density at radius 2 is 1.55 bits per heavy atom. The van der Waals surface area contributed by atoms with Crippen LogP contribution in [0.1, 0.15) is 70.6 Å². The van der Waals surface area contributed by atoms with Crippen LogP contribution in [0.25, 0.3) is 0 Å². The van der Waals surface area contributed by atoms with Gasteiger partial charge >= 0.3 is 0 Å². The average Bonchev–Trinajstić information content (AvgIpc) is 3.24. The van der Waals surface area contributed by atoms with E-state index in [2.05, 4.69) is 5.32 Å². The number of hydrogen-bond donors (Lipinski definition) is 1. The van der Waals surface area contributed by atoms with Crippen molar-refractivity contribution in [3.8, 4) is 0 Å². The molecule has 2 unspecified atom stereocenters. The van der Waals surface area contributed by atoms with Gasteiger partial charge in [0.05, 0.1) is 6.10 Å². The van der Waals surface area contributed by atoms with Crippen LogP contribution in [0.5, 0.6) is 0 Å².